The predicted molar refractivity (Wildman–Crippen MR) is 109 cm³/mol. The topological polar surface area (TPSA) is 84.5 Å². The molecule has 0 atom stereocenters. The summed E-state index contributed by atoms with van der Waals surface area (Å²) >= 11 is 0. The second kappa shape index (κ2) is 9.17. The Kier molecular flexibility index (Phi) is 6.93. The predicted octanol–water partition coefficient (Wildman–Crippen LogP) is 4.13. The lowest BCUT2D eigenvalue weighted by atomic mass is 9.87. The fourth-order valence-electron chi connectivity index (χ4n) is 2.54. The molecule has 0 radical (unpaired) electrons. The number of amides is 2. The monoisotopic (exact) mass is 382 g/mol. The Bertz CT molecular complexity index is 852. The average Bonchev–Trinajstić information content (AvgIpc) is 2.65. The number of carbonyl (C=O) groups excluding carboxylic acids is 3. The van der Waals surface area contributed by atoms with E-state index in [0.717, 1.165) is 5.56 Å². The number of benzene rings is 2. The Morgan fingerprint density at radius 2 is 1.50 bits per heavy atom. The SMILES string of the molecule is COC(=O)CCC(=O)Nc1cccc(NC(=O)c2ccc(C(C)(C)C)cc2)c1. The second-order valence-corrected chi connectivity index (χ2v) is 7.49. The van der Waals surface area contributed by atoms with Crippen LogP contribution in [0.3, 0.4) is 0 Å². The van der Waals surface area contributed by atoms with Crippen molar-refractivity contribution < 1.29 is 19.1 Å². The standard InChI is InChI=1S/C22H26N2O4/c1-22(2,3)16-10-8-15(9-11-16)21(27)24-18-7-5-6-17(14-18)23-19(25)12-13-20(26)28-4/h5-11,14H,12-13H2,1-4H3,(H,23,25)(H,24,27). The van der Waals surface area contributed by atoms with Gasteiger partial charge in [0.2, 0.25) is 5.91 Å². The van der Waals surface area contributed by atoms with Crippen LogP contribution in [0, 0.1) is 0 Å². The summed E-state index contributed by atoms with van der Waals surface area (Å²) in [6.45, 7) is 6.35. The van der Waals surface area contributed by atoms with E-state index in [4.69, 9.17) is 0 Å². The van der Waals surface area contributed by atoms with Gasteiger partial charge in [0.05, 0.1) is 13.5 Å². The highest BCUT2D eigenvalue weighted by Crippen LogP contribution is 2.23. The first-order valence-electron chi connectivity index (χ1n) is 9.07. The molecule has 0 saturated carbocycles. The van der Waals surface area contributed by atoms with E-state index in [2.05, 4.69) is 36.1 Å². The van der Waals surface area contributed by atoms with E-state index in [1.807, 2.05) is 12.1 Å². The van der Waals surface area contributed by atoms with Crippen LogP contribution in [0.25, 0.3) is 0 Å². The van der Waals surface area contributed by atoms with Crippen molar-refractivity contribution in [1.29, 1.82) is 0 Å². The first-order valence-corrected chi connectivity index (χ1v) is 9.07. The zero-order valence-corrected chi connectivity index (χ0v) is 16.7. The van der Waals surface area contributed by atoms with Crippen molar-refractivity contribution in [3.63, 3.8) is 0 Å². The second-order valence-electron chi connectivity index (χ2n) is 7.49. The highest BCUT2D eigenvalue weighted by molar-refractivity contribution is 6.04. The van der Waals surface area contributed by atoms with Crippen LogP contribution in [0.15, 0.2) is 48.5 Å². The van der Waals surface area contributed by atoms with Gasteiger partial charge in [-0.25, -0.2) is 0 Å². The molecule has 2 rings (SSSR count). The van der Waals surface area contributed by atoms with Gasteiger partial charge < -0.3 is 15.4 Å². The third-order valence-electron chi connectivity index (χ3n) is 4.20. The number of nitrogens with one attached hydrogen (secondary N) is 2. The normalized spacial score (nSPS) is 10.9. The maximum Gasteiger partial charge on any atom is 0.306 e. The molecule has 0 aromatic heterocycles. The number of hydrogen-bond acceptors (Lipinski definition) is 4. The van der Waals surface area contributed by atoms with Crippen LogP contribution in [-0.2, 0) is 19.7 Å². The molecule has 0 saturated heterocycles. The number of ether oxygens (including phenoxy) is 1. The number of hydrogen-bond donors (Lipinski definition) is 2. The Morgan fingerprint density at radius 1 is 0.893 bits per heavy atom. The van der Waals surface area contributed by atoms with Crippen LogP contribution in [0.4, 0.5) is 11.4 Å². The fourth-order valence-corrected chi connectivity index (χ4v) is 2.54. The molecule has 28 heavy (non-hydrogen) atoms. The first-order chi connectivity index (χ1) is 13.2. The summed E-state index contributed by atoms with van der Waals surface area (Å²) in [7, 11) is 1.28. The molecule has 2 aromatic rings. The van der Waals surface area contributed by atoms with Gasteiger partial charge in [-0.15, -0.1) is 0 Å². The molecule has 2 N–H and O–H groups in total. The smallest absolute Gasteiger partial charge is 0.306 e. The zero-order chi connectivity index (χ0) is 20.7. The number of esters is 1. The minimum Gasteiger partial charge on any atom is -0.469 e. The molecule has 0 aliphatic rings. The van der Waals surface area contributed by atoms with Gasteiger partial charge in [-0.1, -0.05) is 39.0 Å². The van der Waals surface area contributed by atoms with Gasteiger partial charge in [-0.05, 0) is 41.3 Å². The number of rotatable bonds is 6. The molecule has 6 heteroatoms. The highest BCUT2D eigenvalue weighted by Gasteiger charge is 2.14. The molecule has 0 fully saturated rings. The minimum absolute atomic E-state index is 0.0172. The Labute approximate surface area is 165 Å². The average molecular weight is 382 g/mol. The van der Waals surface area contributed by atoms with E-state index in [1.54, 1.807) is 36.4 Å². The van der Waals surface area contributed by atoms with Crippen molar-refractivity contribution >= 4 is 29.2 Å². The summed E-state index contributed by atoms with van der Waals surface area (Å²) in [6, 6.07) is 14.4. The molecular formula is C22H26N2O4. The van der Waals surface area contributed by atoms with Gasteiger partial charge in [-0.3, -0.25) is 14.4 Å². The van der Waals surface area contributed by atoms with Crippen LogP contribution >= 0.6 is 0 Å². The molecule has 0 unspecified atom stereocenters. The van der Waals surface area contributed by atoms with Crippen molar-refractivity contribution in [2.75, 3.05) is 17.7 Å². The van der Waals surface area contributed by atoms with Crippen molar-refractivity contribution in [2.45, 2.75) is 39.0 Å². The van der Waals surface area contributed by atoms with E-state index in [-0.39, 0.29) is 30.1 Å². The van der Waals surface area contributed by atoms with Crippen LogP contribution in [0.5, 0.6) is 0 Å². The van der Waals surface area contributed by atoms with Gasteiger partial charge in [0.15, 0.2) is 0 Å². The number of anilines is 2. The van der Waals surface area contributed by atoms with Crippen molar-refractivity contribution in [1.82, 2.24) is 0 Å². The van der Waals surface area contributed by atoms with Crippen LogP contribution in [-0.4, -0.2) is 24.9 Å². The molecule has 2 amide bonds. The van der Waals surface area contributed by atoms with E-state index >= 15 is 0 Å². The lowest BCUT2D eigenvalue weighted by Gasteiger charge is -2.19. The van der Waals surface area contributed by atoms with Gasteiger partial charge in [-0.2, -0.15) is 0 Å². The van der Waals surface area contributed by atoms with Gasteiger partial charge >= 0.3 is 5.97 Å². The summed E-state index contributed by atoms with van der Waals surface area (Å²) in [5, 5.41) is 5.53. The van der Waals surface area contributed by atoms with E-state index in [1.165, 1.54) is 7.11 Å². The molecule has 0 aliphatic carbocycles. The Balaban J connectivity index is 1.99. The minimum atomic E-state index is -0.436. The molecule has 0 spiro atoms. The van der Waals surface area contributed by atoms with Crippen molar-refractivity contribution in [3.8, 4) is 0 Å². The molecule has 6 nitrogen and oxygen atoms in total. The van der Waals surface area contributed by atoms with E-state index in [9.17, 15) is 14.4 Å². The Morgan fingerprint density at radius 3 is 2.07 bits per heavy atom. The third-order valence-corrected chi connectivity index (χ3v) is 4.20. The lowest BCUT2D eigenvalue weighted by Crippen LogP contribution is -2.15. The summed E-state index contributed by atoms with van der Waals surface area (Å²) in [5.41, 5.74) is 2.84. The lowest BCUT2D eigenvalue weighted by molar-refractivity contribution is -0.141. The van der Waals surface area contributed by atoms with E-state index in [0.29, 0.717) is 16.9 Å². The molecule has 0 bridgehead atoms. The van der Waals surface area contributed by atoms with E-state index < -0.39 is 5.97 Å². The summed E-state index contributed by atoms with van der Waals surface area (Å²) in [6.07, 6.45) is 0.0483. The molecule has 148 valence electrons. The molecular weight excluding hydrogens is 356 g/mol. The van der Waals surface area contributed by atoms with Gasteiger partial charge in [0.25, 0.3) is 5.91 Å². The molecule has 0 aliphatic heterocycles. The van der Waals surface area contributed by atoms with Gasteiger partial charge in [0.1, 0.15) is 0 Å². The highest BCUT2D eigenvalue weighted by atomic mass is 16.5. The molecule has 2 aromatic carbocycles. The zero-order valence-electron chi connectivity index (χ0n) is 16.7. The van der Waals surface area contributed by atoms with Crippen LogP contribution < -0.4 is 10.6 Å². The quantitative estimate of drug-likeness (QED) is 0.736. The maximum atomic E-state index is 12.5. The Hall–Kier alpha value is -3.15. The first kappa shape index (κ1) is 21.2. The summed E-state index contributed by atoms with van der Waals surface area (Å²) in [4.78, 5) is 35.5. The molecule has 0 heterocycles. The largest absolute Gasteiger partial charge is 0.469 e. The summed E-state index contributed by atoms with van der Waals surface area (Å²) < 4.78 is 4.52. The van der Waals surface area contributed by atoms with Gasteiger partial charge in [0, 0.05) is 23.4 Å². The van der Waals surface area contributed by atoms with Crippen LogP contribution in [0.1, 0.15) is 49.5 Å². The number of carbonyl (C=O) groups is 3. The van der Waals surface area contributed by atoms with Crippen molar-refractivity contribution in [2.24, 2.45) is 0 Å². The van der Waals surface area contributed by atoms with Crippen LogP contribution in [0.2, 0.25) is 0 Å². The summed E-state index contributed by atoms with van der Waals surface area (Å²) in [5.74, 6) is -0.963. The fraction of sp³-hybridized carbons (Fsp3) is 0.318. The third kappa shape index (κ3) is 6.23. The van der Waals surface area contributed by atoms with Crippen molar-refractivity contribution in [3.05, 3.63) is 59.7 Å². The maximum absolute atomic E-state index is 12.5. The number of methoxy groups -OCH3 is 1.